The average molecular weight is 307 g/mol. The van der Waals surface area contributed by atoms with Crippen molar-refractivity contribution in [2.24, 2.45) is 4.99 Å². The number of aromatic nitrogens is 3. The number of pyridine rings is 1. The van der Waals surface area contributed by atoms with Crippen LogP contribution in [-0.4, -0.2) is 27.2 Å². The van der Waals surface area contributed by atoms with E-state index in [1.54, 1.807) is 12.3 Å². The molecule has 1 N–H and O–H groups in total. The van der Waals surface area contributed by atoms with Crippen LogP contribution in [-0.2, 0) is 12.7 Å². The summed E-state index contributed by atoms with van der Waals surface area (Å²) in [7, 11) is 0. The van der Waals surface area contributed by atoms with Gasteiger partial charge in [-0.1, -0.05) is 0 Å². The molecule has 1 aliphatic heterocycles. The standard InChI is InChI=1S/C14H12F3N5/c1-2-18-13-11-8(3-4-19-13)6-20-12(11)9-5-10(14(15,16)17)22-7-21-9/h3-5,7H,2,6H2,1H3,(H,18,19). The molecule has 0 atom stereocenters. The fraction of sp³-hybridized carbons (Fsp3) is 0.286. The highest BCUT2D eigenvalue weighted by Gasteiger charge is 2.34. The molecule has 5 nitrogen and oxygen atoms in total. The Morgan fingerprint density at radius 1 is 1.23 bits per heavy atom. The van der Waals surface area contributed by atoms with Crippen molar-refractivity contribution in [2.75, 3.05) is 11.9 Å². The van der Waals surface area contributed by atoms with E-state index in [1.807, 2.05) is 6.92 Å². The molecule has 2 aromatic heterocycles. The minimum Gasteiger partial charge on any atom is -0.370 e. The summed E-state index contributed by atoms with van der Waals surface area (Å²) in [4.78, 5) is 15.8. The van der Waals surface area contributed by atoms with Gasteiger partial charge in [-0.25, -0.2) is 15.0 Å². The van der Waals surface area contributed by atoms with Gasteiger partial charge < -0.3 is 5.32 Å². The van der Waals surface area contributed by atoms with Gasteiger partial charge in [-0.3, -0.25) is 4.99 Å². The molecule has 0 bridgehead atoms. The quantitative estimate of drug-likeness (QED) is 0.947. The van der Waals surface area contributed by atoms with Crippen LogP contribution in [0.5, 0.6) is 0 Å². The van der Waals surface area contributed by atoms with E-state index in [1.165, 1.54) is 0 Å². The molecule has 0 fully saturated rings. The van der Waals surface area contributed by atoms with E-state index in [-0.39, 0.29) is 5.69 Å². The zero-order valence-electron chi connectivity index (χ0n) is 11.6. The highest BCUT2D eigenvalue weighted by molar-refractivity contribution is 6.16. The molecule has 0 aromatic carbocycles. The maximum Gasteiger partial charge on any atom is 0.433 e. The Balaban J connectivity index is 2.07. The number of nitrogens with one attached hydrogen (secondary N) is 1. The Bertz CT molecular complexity index is 739. The van der Waals surface area contributed by atoms with Crippen LogP contribution in [0.15, 0.2) is 29.6 Å². The van der Waals surface area contributed by atoms with E-state index in [4.69, 9.17) is 0 Å². The lowest BCUT2D eigenvalue weighted by Crippen LogP contribution is -2.14. The van der Waals surface area contributed by atoms with Crippen molar-refractivity contribution in [3.05, 3.63) is 47.2 Å². The first-order valence-corrected chi connectivity index (χ1v) is 6.67. The maximum atomic E-state index is 12.8. The van der Waals surface area contributed by atoms with E-state index in [9.17, 15) is 13.2 Å². The summed E-state index contributed by atoms with van der Waals surface area (Å²) in [5.41, 5.74) is 1.19. The van der Waals surface area contributed by atoms with E-state index in [0.29, 0.717) is 30.2 Å². The molecule has 0 amide bonds. The third-order valence-electron chi connectivity index (χ3n) is 3.23. The van der Waals surface area contributed by atoms with Crippen molar-refractivity contribution in [1.29, 1.82) is 0 Å². The number of hydrogen-bond donors (Lipinski definition) is 1. The van der Waals surface area contributed by atoms with Crippen molar-refractivity contribution in [2.45, 2.75) is 19.6 Å². The highest BCUT2D eigenvalue weighted by atomic mass is 19.4. The topological polar surface area (TPSA) is 63.1 Å². The maximum absolute atomic E-state index is 12.8. The first-order valence-electron chi connectivity index (χ1n) is 6.67. The number of fused-ring (bicyclic) bond motifs is 1. The predicted octanol–water partition coefficient (Wildman–Crippen LogP) is 2.67. The summed E-state index contributed by atoms with van der Waals surface area (Å²) in [5, 5.41) is 3.09. The summed E-state index contributed by atoms with van der Waals surface area (Å²) < 4.78 is 38.4. The summed E-state index contributed by atoms with van der Waals surface area (Å²) >= 11 is 0. The molecule has 22 heavy (non-hydrogen) atoms. The lowest BCUT2D eigenvalue weighted by atomic mass is 10.0. The Morgan fingerprint density at radius 2 is 2.05 bits per heavy atom. The third-order valence-corrected chi connectivity index (χ3v) is 3.23. The van der Waals surface area contributed by atoms with Crippen LogP contribution < -0.4 is 5.32 Å². The molecule has 0 unspecified atom stereocenters. The fourth-order valence-corrected chi connectivity index (χ4v) is 2.29. The van der Waals surface area contributed by atoms with E-state index >= 15 is 0 Å². The molecular formula is C14H12F3N5. The minimum absolute atomic E-state index is 0.147. The van der Waals surface area contributed by atoms with Crippen LogP contribution in [0.1, 0.15) is 29.4 Å². The van der Waals surface area contributed by atoms with Gasteiger partial charge in [0.1, 0.15) is 17.8 Å². The van der Waals surface area contributed by atoms with Crippen molar-refractivity contribution >= 4 is 11.5 Å². The molecule has 0 saturated heterocycles. The molecule has 0 spiro atoms. The molecule has 1 aliphatic rings. The van der Waals surface area contributed by atoms with Crippen molar-refractivity contribution < 1.29 is 13.2 Å². The molecule has 114 valence electrons. The number of rotatable bonds is 3. The predicted molar refractivity (Wildman–Crippen MR) is 74.8 cm³/mol. The Morgan fingerprint density at radius 3 is 2.77 bits per heavy atom. The van der Waals surface area contributed by atoms with E-state index < -0.39 is 11.9 Å². The third kappa shape index (κ3) is 2.51. The monoisotopic (exact) mass is 307 g/mol. The molecule has 8 heteroatoms. The molecular weight excluding hydrogens is 295 g/mol. The molecule has 3 heterocycles. The Labute approximate surface area is 124 Å². The van der Waals surface area contributed by atoms with Crippen LogP contribution in [0.4, 0.5) is 19.0 Å². The number of nitrogens with zero attached hydrogens (tertiary/aromatic N) is 4. The number of alkyl halides is 3. The van der Waals surface area contributed by atoms with Crippen molar-refractivity contribution in [3.8, 4) is 0 Å². The lowest BCUT2D eigenvalue weighted by molar-refractivity contribution is -0.141. The van der Waals surface area contributed by atoms with Gasteiger partial charge in [0.25, 0.3) is 0 Å². The molecule has 2 aromatic rings. The Hall–Kier alpha value is -2.51. The zero-order chi connectivity index (χ0) is 15.7. The zero-order valence-corrected chi connectivity index (χ0v) is 11.6. The van der Waals surface area contributed by atoms with Crippen LogP contribution in [0.2, 0.25) is 0 Å². The number of hydrogen-bond acceptors (Lipinski definition) is 5. The van der Waals surface area contributed by atoms with Gasteiger partial charge >= 0.3 is 6.18 Å². The van der Waals surface area contributed by atoms with E-state index in [2.05, 4.69) is 25.3 Å². The van der Waals surface area contributed by atoms with Gasteiger partial charge in [0.2, 0.25) is 0 Å². The average Bonchev–Trinajstić information content (AvgIpc) is 2.92. The number of anilines is 1. The van der Waals surface area contributed by atoms with Gasteiger partial charge in [0.05, 0.1) is 18.0 Å². The van der Waals surface area contributed by atoms with Crippen LogP contribution in [0.25, 0.3) is 0 Å². The summed E-state index contributed by atoms with van der Waals surface area (Å²) in [5.74, 6) is 0.600. The molecule has 0 aliphatic carbocycles. The summed E-state index contributed by atoms with van der Waals surface area (Å²) in [6, 6.07) is 2.72. The molecule has 0 saturated carbocycles. The smallest absolute Gasteiger partial charge is 0.370 e. The second kappa shape index (κ2) is 5.36. The lowest BCUT2D eigenvalue weighted by Gasteiger charge is -2.11. The summed E-state index contributed by atoms with van der Waals surface area (Å²) in [6.45, 7) is 2.96. The fourth-order valence-electron chi connectivity index (χ4n) is 2.29. The van der Waals surface area contributed by atoms with E-state index in [0.717, 1.165) is 18.0 Å². The van der Waals surface area contributed by atoms with Gasteiger partial charge in [-0.15, -0.1) is 0 Å². The largest absolute Gasteiger partial charge is 0.433 e. The van der Waals surface area contributed by atoms with Gasteiger partial charge in [0.15, 0.2) is 0 Å². The van der Waals surface area contributed by atoms with Crippen molar-refractivity contribution in [3.63, 3.8) is 0 Å². The molecule has 0 radical (unpaired) electrons. The summed E-state index contributed by atoms with van der Waals surface area (Å²) in [6.07, 6.45) is -1.96. The second-order valence-corrected chi connectivity index (χ2v) is 4.68. The van der Waals surface area contributed by atoms with Crippen molar-refractivity contribution in [1.82, 2.24) is 15.0 Å². The van der Waals surface area contributed by atoms with Crippen LogP contribution in [0, 0.1) is 0 Å². The molecule has 3 rings (SSSR count). The minimum atomic E-state index is -4.51. The SMILES string of the molecule is CCNc1nccc2c1C(c1cc(C(F)(F)F)ncn1)=NC2. The Kier molecular flexibility index (Phi) is 3.51. The first-order chi connectivity index (χ1) is 10.5. The number of halogens is 3. The highest BCUT2D eigenvalue weighted by Crippen LogP contribution is 2.30. The van der Waals surface area contributed by atoms with Crippen LogP contribution in [0.3, 0.4) is 0 Å². The second-order valence-electron chi connectivity index (χ2n) is 4.68. The van der Waals surface area contributed by atoms with Gasteiger partial charge in [-0.2, -0.15) is 13.2 Å². The van der Waals surface area contributed by atoms with Gasteiger partial charge in [0, 0.05) is 18.3 Å². The first kappa shape index (κ1) is 14.4. The number of aliphatic imine (C=N–C) groups is 1. The van der Waals surface area contributed by atoms with Crippen LogP contribution >= 0.6 is 0 Å². The normalized spacial score (nSPS) is 13.7. The van der Waals surface area contributed by atoms with Gasteiger partial charge in [-0.05, 0) is 24.6 Å².